The molecule has 6 heteroatoms. The Hall–Kier alpha value is -3.80. The van der Waals surface area contributed by atoms with Gasteiger partial charge in [0.15, 0.2) is 5.69 Å². The fraction of sp³-hybridized carbons (Fsp3) is 0.130. The van der Waals surface area contributed by atoms with Gasteiger partial charge in [0.05, 0.1) is 5.39 Å². The first-order valence-electron chi connectivity index (χ1n) is 9.38. The maximum atomic E-state index is 12.9. The molecule has 1 N–H and O–H groups in total. The summed E-state index contributed by atoms with van der Waals surface area (Å²) in [6.07, 6.45) is 3.43. The Morgan fingerprint density at radius 2 is 1.76 bits per heavy atom. The van der Waals surface area contributed by atoms with Gasteiger partial charge in [-0.15, -0.1) is 0 Å². The van der Waals surface area contributed by atoms with Crippen LogP contribution in [0.1, 0.15) is 21.7 Å². The zero-order valence-corrected chi connectivity index (χ0v) is 16.0. The zero-order chi connectivity index (χ0) is 20.2. The zero-order valence-electron chi connectivity index (χ0n) is 16.0. The van der Waals surface area contributed by atoms with E-state index in [2.05, 4.69) is 15.4 Å². The van der Waals surface area contributed by atoms with E-state index in [0.717, 1.165) is 24.1 Å². The maximum Gasteiger partial charge on any atom is 0.276 e. The second-order valence-electron chi connectivity index (χ2n) is 6.80. The van der Waals surface area contributed by atoms with Crippen molar-refractivity contribution in [3.8, 4) is 0 Å². The van der Waals surface area contributed by atoms with Crippen LogP contribution in [0, 0.1) is 0 Å². The first kappa shape index (κ1) is 18.6. The highest BCUT2D eigenvalue weighted by atomic mass is 16.2. The molecule has 0 bridgehead atoms. The summed E-state index contributed by atoms with van der Waals surface area (Å²) < 4.78 is 1.19. The van der Waals surface area contributed by atoms with Crippen molar-refractivity contribution >= 4 is 22.4 Å². The van der Waals surface area contributed by atoms with Crippen LogP contribution in [0.15, 0.2) is 77.7 Å². The van der Waals surface area contributed by atoms with Gasteiger partial charge in [-0.3, -0.25) is 14.6 Å². The molecule has 1 amide bonds. The summed E-state index contributed by atoms with van der Waals surface area (Å²) in [6.45, 7) is 0. The third kappa shape index (κ3) is 4.06. The Morgan fingerprint density at radius 3 is 2.55 bits per heavy atom. The molecular weight excluding hydrogens is 364 g/mol. The van der Waals surface area contributed by atoms with Crippen LogP contribution in [-0.4, -0.2) is 20.7 Å². The number of anilines is 1. The van der Waals surface area contributed by atoms with Crippen molar-refractivity contribution in [1.82, 2.24) is 14.8 Å². The lowest BCUT2D eigenvalue weighted by molar-refractivity contribution is 0.102. The molecular formula is C23H20N4O2. The number of benzene rings is 2. The largest absolute Gasteiger partial charge is 0.321 e. The Morgan fingerprint density at radius 1 is 0.966 bits per heavy atom. The first-order valence-corrected chi connectivity index (χ1v) is 9.38. The quantitative estimate of drug-likeness (QED) is 0.572. The van der Waals surface area contributed by atoms with Crippen LogP contribution in [0.2, 0.25) is 0 Å². The van der Waals surface area contributed by atoms with Crippen LogP contribution in [0.5, 0.6) is 0 Å². The van der Waals surface area contributed by atoms with E-state index >= 15 is 0 Å². The van der Waals surface area contributed by atoms with E-state index < -0.39 is 0 Å². The van der Waals surface area contributed by atoms with Gasteiger partial charge >= 0.3 is 0 Å². The lowest BCUT2D eigenvalue weighted by Crippen LogP contribution is -2.25. The monoisotopic (exact) mass is 384 g/mol. The molecule has 2 heterocycles. The van der Waals surface area contributed by atoms with Gasteiger partial charge in [-0.2, -0.15) is 5.10 Å². The predicted octanol–water partition coefficient (Wildman–Crippen LogP) is 3.37. The minimum atomic E-state index is -0.348. The second kappa shape index (κ2) is 8.06. The molecule has 4 aromatic rings. The van der Waals surface area contributed by atoms with Crippen LogP contribution < -0.4 is 10.9 Å². The van der Waals surface area contributed by atoms with E-state index in [1.165, 1.54) is 4.68 Å². The molecule has 0 saturated carbocycles. The summed E-state index contributed by atoms with van der Waals surface area (Å²) >= 11 is 0. The summed E-state index contributed by atoms with van der Waals surface area (Å²) in [5.41, 5.74) is 2.82. The second-order valence-corrected chi connectivity index (χ2v) is 6.80. The van der Waals surface area contributed by atoms with Crippen molar-refractivity contribution in [2.75, 3.05) is 5.32 Å². The number of amides is 1. The first-order chi connectivity index (χ1) is 14.1. The number of aryl methyl sites for hydroxylation is 3. The minimum Gasteiger partial charge on any atom is -0.321 e. The highest BCUT2D eigenvalue weighted by molar-refractivity contribution is 6.11. The summed E-state index contributed by atoms with van der Waals surface area (Å²) in [4.78, 5) is 29.5. The fourth-order valence-electron chi connectivity index (χ4n) is 3.28. The smallest absolute Gasteiger partial charge is 0.276 e. The number of carbonyl (C=O) groups is 1. The molecule has 144 valence electrons. The third-order valence-corrected chi connectivity index (χ3v) is 4.75. The number of pyridine rings is 1. The van der Waals surface area contributed by atoms with Crippen molar-refractivity contribution < 1.29 is 4.79 Å². The molecule has 0 aliphatic carbocycles. The number of nitrogens with one attached hydrogen (secondary N) is 1. The molecule has 0 aliphatic heterocycles. The molecule has 0 radical (unpaired) electrons. The Balaban J connectivity index is 1.56. The molecule has 4 rings (SSSR count). The third-order valence-electron chi connectivity index (χ3n) is 4.75. The lowest BCUT2D eigenvalue weighted by Gasteiger charge is -2.10. The Labute approximate surface area is 167 Å². The van der Waals surface area contributed by atoms with Gasteiger partial charge in [-0.05, 0) is 48.7 Å². The number of nitrogens with zero attached hydrogens (tertiary/aromatic N) is 3. The molecule has 0 spiro atoms. The van der Waals surface area contributed by atoms with Gasteiger partial charge < -0.3 is 5.32 Å². The van der Waals surface area contributed by atoms with E-state index in [-0.39, 0.29) is 17.2 Å². The van der Waals surface area contributed by atoms with E-state index in [1.807, 2.05) is 42.5 Å². The molecule has 0 fully saturated rings. The van der Waals surface area contributed by atoms with Crippen LogP contribution in [0.25, 0.3) is 10.8 Å². The maximum absolute atomic E-state index is 12.9. The lowest BCUT2D eigenvalue weighted by atomic mass is 10.1. The number of aromatic nitrogens is 3. The number of hydrogen-bond acceptors (Lipinski definition) is 4. The molecule has 0 saturated heterocycles. The van der Waals surface area contributed by atoms with Crippen molar-refractivity contribution in [2.45, 2.75) is 12.8 Å². The minimum absolute atomic E-state index is 0.224. The molecule has 2 aromatic carbocycles. The molecule has 29 heavy (non-hydrogen) atoms. The van der Waals surface area contributed by atoms with Gasteiger partial charge in [0.25, 0.3) is 11.5 Å². The Bertz CT molecular complexity index is 1230. The molecule has 0 aliphatic rings. The van der Waals surface area contributed by atoms with Gasteiger partial charge in [-0.1, -0.05) is 36.4 Å². The molecule has 0 unspecified atom stereocenters. The van der Waals surface area contributed by atoms with E-state index in [0.29, 0.717) is 16.5 Å². The number of hydrogen-bond donors (Lipinski definition) is 1. The normalized spacial score (nSPS) is 10.8. The number of rotatable bonds is 5. The summed E-state index contributed by atoms with van der Waals surface area (Å²) in [5.74, 6) is -0.348. The highest BCUT2D eigenvalue weighted by Crippen LogP contribution is 2.17. The van der Waals surface area contributed by atoms with Crippen LogP contribution in [0.4, 0.5) is 5.69 Å². The van der Waals surface area contributed by atoms with E-state index in [4.69, 9.17) is 0 Å². The average molecular weight is 384 g/mol. The van der Waals surface area contributed by atoms with E-state index in [1.54, 1.807) is 37.5 Å². The van der Waals surface area contributed by atoms with Crippen LogP contribution >= 0.6 is 0 Å². The topological polar surface area (TPSA) is 76.9 Å². The van der Waals surface area contributed by atoms with Gasteiger partial charge in [0.1, 0.15) is 0 Å². The van der Waals surface area contributed by atoms with Crippen LogP contribution in [-0.2, 0) is 19.9 Å². The number of carbonyl (C=O) groups excluding carboxylic acids is 1. The van der Waals surface area contributed by atoms with Crippen LogP contribution in [0.3, 0.4) is 0 Å². The van der Waals surface area contributed by atoms with Crippen molar-refractivity contribution in [1.29, 1.82) is 0 Å². The SMILES string of the molecule is Cn1nc(C(=O)Nc2cccc(CCc3ccccn3)c2)c2ccccc2c1=O. The standard InChI is InChI=1S/C23H20N4O2/c1-27-23(29)20-11-3-2-10-19(20)21(26-27)22(28)25-18-9-6-7-16(15-18)12-13-17-8-4-5-14-24-17/h2-11,14-15H,12-13H2,1H3,(H,25,28). The Kier molecular flexibility index (Phi) is 5.16. The average Bonchev–Trinajstić information content (AvgIpc) is 2.76. The fourth-order valence-corrected chi connectivity index (χ4v) is 3.28. The molecule has 2 aromatic heterocycles. The van der Waals surface area contributed by atoms with Crippen molar-refractivity contribution in [2.24, 2.45) is 7.05 Å². The van der Waals surface area contributed by atoms with Gasteiger partial charge in [0, 0.05) is 30.0 Å². The van der Waals surface area contributed by atoms with Crippen molar-refractivity contribution in [3.05, 3.63) is 100 Å². The van der Waals surface area contributed by atoms with Gasteiger partial charge in [0.2, 0.25) is 0 Å². The summed E-state index contributed by atoms with van der Waals surface area (Å²) in [6, 6.07) is 20.6. The number of fused-ring (bicyclic) bond motifs is 1. The molecule has 6 nitrogen and oxygen atoms in total. The summed E-state index contributed by atoms with van der Waals surface area (Å²) in [7, 11) is 1.55. The highest BCUT2D eigenvalue weighted by Gasteiger charge is 2.15. The van der Waals surface area contributed by atoms with E-state index in [9.17, 15) is 9.59 Å². The van der Waals surface area contributed by atoms with Gasteiger partial charge in [-0.25, -0.2) is 4.68 Å². The summed E-state index contributed by atoms with van der Waals surface area (Å²) in [5, 5.41) is 8.10. The predicted molar refractivity (Wildman–Crippen MR) is 113 cm³/mol. The van der Waals surface area contributed by atoms with Crippen molar-refractivity contribution in [3.63, 3.8) is 0 Å². The molecule has 0 atom stereocenters.